The van der Waals surface area contributed by atoms with Gasteiger partial charge in [-0.25, -0.2) is 0 Å². The molecule has 0 spiro atoms. The molecule has 0 aliphatic heterocycles. The van der Waals surface area contributed by atoms with Crippen LogP contribution in [0.5, 0.6) is 0 Å². The van der Waals surface area contributed by atoms with Crippen LogP contribution >= 0.6 is 0 Å². The van der Waals surface area contributed by atoms with Gasteiger partial charge in [0.25, 0.3) is 0 Å². The van der Waals surface area contributed by atoms with E-state index >= 15 is 0 Å². The van der Waals surface area contributed by atoms with Crippen molar-refractivity contribution in [1.29, 1.82) is 0 Å². The summed E-state index contributed by atoms with van der Waals surface area (Å²) in [6, 6.07) is 6.75. The molecule has 1 aromatic heterocycles. The Morgan fingerprint density at radius 3 is 2.65 bits per heavy atom. The van der Waals surface area contributed by atoms with Gasteiger partial charge in [0.2, 0.25) is 0 Å². The van der Waals surface area contributed by atoms with Crippen molar-refractivity contribution in [2.45, 2.75) is 51.7 Å². The molecule has 17 heavy (non-hydrogen) atoms. The minimum absolute atomic E-state index is 0.263. The fraction of sp³-hybridized carbons (Fsp3) is 0.643. The molecule has 3 nitrogen and oxygen atoms in total. The predicted octanol–water partition coefficient (Wildman–Crippen LogP) is 2.42. The van der Waals surface area contributed by atoms with Crippen LogP contribution in [0.15, 0.2) is 24.4 Å². The molecular weight excluding hydrogens is 210 g/mol. The van der Waals surface area contributed by atoms with Crippen molar-refractivity contribution in [3.8, 4) is 0 Å². The summed E-state index contributed by atoms with van der Waals surface area (Å²) in [4.78, 5) is 6.68. The van der Waals surface area contributed by atoms with Crippen LogP contribution < -0.4 is 5.73 Å². The molecule has 0 bridgehead atoms. The summed E-state index contributed by atoms with van der Waals surface area (Å²) >= 11 is 0. The Bertz CT molecular complexity index is 300. The summed E-state index contributed by atoms with van der Waals surface area (Å²) < 4.78 is 0. The average molecular weight is 235 g/mol. The molecule has 0 radical (unpaired) electrons. The third-order valence-electron chi connectivity index (χ3n) is 3.24. The zero-order valence-corrected chi connectivity index (χ0v) is 11.3. The van der Waals surface area contributed by atoms with E-state index in [1.165, 1.54) is 0 Å². The van der Waals surface area contributed by atoms with Crippen molar-refractivity contribution in [3.63, 3.8) is 0 Å². The van der Waals surface area contributed by atoms with E-state index in [2.05, 4.69) is 36.8 Å². The van der Waals surface area contributed by atoms with E-state index in [4.69, 9.17) is 5.73 Å². The molecule has 0 fully saturated rings. The number of hydrogen-bond acceptors (Lipinski definition) is 3. The molecule has 2 N–H and O–H groups in total. The molecular formula is C14H25N3. The quantitative estimate of drug-likeness (QED) is 0.789. The summed E-state index contributed by atoms with van der Waals surface area (Å²) in [6.45, 7) is 5.26. The van der Waals surface area contributed by atoms with Crippen LogP contribution in [0.1, 0.15) is 38.8 Å². The van der Waals surface area contributed by atoms with Crippen LogP contribution in [0.3, 0.4) is 0 Å². The maximum absolute atomic E-state index is 6.23. The normalized spacial score (nSPS) is 14.9. The Labute approximate surface area is 105 Å². The molecule has 0 aliphatic rings. The van der Waals surface area contributed by atoms with Crippen molar-refractivity contribution in [2.24, 2.45) is 5.73 Å². The second-order valence-corrected chi connectivity index (χ2v) is 4.66. The second kappa shape index (κ2) is 7.41. The first-order valence-corrected chi connectivity index (χ1v) is 6.54. The van der Waals surface area contributed by atoms with Crippen LogP contribution in [-0.2, 0) is 6.54 Å². The standard InChI is InChI=1S/C14H25N3/c1-4-8-13(15)14(5-2)17(3)11-12-9-6-7-10-16-12/h6-7,9-10,13-14H,4-5,8,11,15H2,1-3H3. The molecule has 0 aliphatic carbocycles. The van der Waals surface area contributed by atoms with E-state index in [1.54, 1.807) is 0 Å². The molecule has 1 heterocycles. The molecule has 2 unspecified atom stereocenters. The third-order valence-corrected chi connectivity index (χ3v) is 3.24. The number of nitrogens with zero attached hydrogens (tertiary/aromatic N) is 2. The van der Waals surface area contributed by atoms with Crippen LogP contribution in [0.25, 0.3) is 0 Å². The summed E-state index contributed by atoms with van der Waals surface area (Å²) in [5.74, 6) is 0. The minimum atomic E-state index is 0.263. The van der Waals surface area contributed by atoms with E-state index in [9.17, 15) is 0 Å². The number of aromatic nitrogens is 1. The summed E-state index contributed by atoms with van der Waals surface area (Å²) in [6.07, 6.45) is 5.17. The SMILES string of the molecule is CCCC(N)C(CC)N(C)Cc1ccccn1. The zero-order chi connectivity index (χ0) is 12.7. The van der Waals surface area contributed by atoms with E-state index in [-0.39, 0.29) is 6.04 Å². The topological polar surface area (TPSA) is 42.1 Å². The highest BCUT2D eigenvalue weighted by molar-refractivity contribution is 5.03. The molecule has 1 rings (SSSR count). The largest absolute Gasteiger partial charge is 0.326 e. The Balaban J connectivity index is 2.57. The molecule has 0 aromatic carbocycles. The second-order valence-electron chi connectivity index (χ2n) is 4.66. The number of rotatable bonds is 7. The number of pyridine rings is 1. The Kier molecular flexibility index (Phi) is 6.16. The van der Waals surface area contributed by atoms with Crippen molar-refractivity contribution < 1.29 is 0 Å². The maximum atomic E-state index is 6.23. The van der Waals surface area contributed by atoms with E-state index in [0.717, 1.165) is 31.5 Å². The van der Waals surface area contributed by atoms with Gasteiger partial charge in [-0.1, -0.05) is 26.3 Å². The van der Waals surface area contributed by atoms with Crippen molar-refractivity contribution >= 4 is 0 Å². The van der Waals surface area contributed by atoms with Gasteiger partial charge in [0.05, 0.1) is 5.69 Å². The molecule has 96 valence electrons. The molecule has 0 saturated carbocycles. The van der Waals surface area contributed by atoms with Gasteiger partial charge in [-0.3, -0.25) is 9.88 Å². The van der Waals surface area contributed by atoms with Crippen LogP contribution in [0, 0.1) is 0 Å². The fourth-order valence-electron chi connectivity index (χ4n) is 2.33. The van der Waals surface area contributed by atoms with Gasteiger partial charge in [-0.2, -0.15) is 0 Å². The van der Waals surface area contributed by atoms with E-state index in [0.29, 0.717) is 6.04 Å². The number of nitrogens with two attached hydrogens (primary N) is 1. The molecule has 0 amide bonds. The lowest BCUT2D eigenvalue weighted by Gasteiger charge is -2.31. The predicted molar refractivity (Wildman–Crippen MR) is 72.7 cm³/mol. The molecule has 1 aromatic rings. The molecule has 0 saturated heterocycles. The Morgan fingerprint density at radius 2 is 2.12 bits per heavy atom. The minimum Gasteiger partial charge on any atom is -0.326 e. The highest BCUT2D eigenvalue weighted by Crippen LogP contribution is 2.12. The fourth-order valence-corrected chi connectivity index (χ4v) is 2.33. The van der Waals surface area contributed by atoms with Crippen molar-refractivity contribution in [3.05, 3.63) is 30.1 Å². The number of likely N-dealkylation sites (N-methyl/N-ethyl adjacent to an activating group) is 1. The summed E-state index contributed by atoms with van der Waals surface area (Å²) in [7, 11) is 2.14. The first kappa shape index (κ1) is 14.1. The van der Waals surface area contributed by atoms with Gasteiger partial charge in [0.15, 0.2) is 0 Å². The van der Waals surface area contributed by atoms with Gasteiger partial charge in [-0.15, -0.1) is 0 Å². The highest BCUT2D eigenvalue weighted by Gasteiger charge is 2.20. The highest BCUT2D eigenvalue weighted by atomic mass is 15.1. The Hall–Kier alpha value is -0.930. The van der Waals surface area contributed by atoms with Crippen molar-refractivity contribution in [1.82, 2.24) is 9.88 Å². The maximum Gasteiger partial charge on any atom is 0.0543 e. The van der Waals surface area contributed by atoms with Crippen molar-refractivity contribution in [2.75, 3.05) is 7.05 Å². The van der Waals surface area contributed by atoms with Gasteiger partial charge in [0, 0.05) is 24.8 Å². The van der Waals surface area contributed by atoms with Gasteiger partial charge in [0.1, 0.15) is 0 Å². The smallest absolute Gasteiger partial charge is 0.0543 e. The summed E-state index contributed by atoms with van der Waals surface area (Å²) in [5.41, 5.74) is 7.34. The Morgan fingerprint density at radius 1 is 1.35 bits per heavy atom. The lowest BCUT2D eigenvalue weighted by Crippen LogP contribution is -2.45. The first-order chi connectivity index (χ1) is 8.19. The van der Waals surface area contributed by atoms with Crippen LogP contribution in [0.2, 0.25) is 0 Å². The summed E-state index contributed by atoms with van der Waals surface area (Å²) in [5, 5.41) is 0. The first-order valence-electron chi connectivity index (χ1n) is 6.54. The third kappa shape index (κ3) is 4.44. The number of hydrogen-bond donors (Lipinski definition) is 1. The monoisotopic (exact) mass is 235 g/mol. The molecule has 2 atom stereocenters. The van der Waals surface area contributed by atoms with Crippen LogP contribution in [0.4, 0.5) is 0 Å². The lowest BCUT2D eigenvalue weighted by molar-refractivity contribution is 0.189. The average Bonchev–Trinajstić information content (AvgIpc) is 2.31. The zero-order valence-electron chi connectivity index (χ0n) is 11.3. The van der Waals surface area contributed by atoms with Gasteiger partial charge < -0.3 is 5.73 Å². The molecule has 3 heteroatoms. The van der Waals surface area contributed by atoms with Gasteiger partial charge in [-0.05, 0) is 32.0 Å². The van der Waals surface area contributed by atoms with Gasteiger partial charge >= 0.3 is 0 Å². The van der Waals surface area contributed by atoms with Crippen LogP contribution in [-0.4, -0.2) is 29.0 Å². The lowest BCUT2D eigenvalue weighted by atomic mass is 10.0. The van der Waals surface area contributed by atoms with E-state index < -0.39 is 0 Å². The van der Waals surface area contributed by atoms with E-state index in [1.807, 2.05) is 18.3 Å².